The van der Waals surface area contributed by atoms with Gasteiger partial charge in [-0.1, -0.05) is 0 Å². The molecule has 0 radical (unpaired) electrons. The quantitative estimate of drug-likeness (QED) is 0.840. The van der Waals surface area contributed by atoms with E-state index in [0.717, 1.165) is 23.7 Å². The van der Waals surface area contributed by atoms with E-state index >= 15 is 0 Å². The van der Waals surface area contributed by atoms with E-state index in [1.807, 2.05) is 34.9 Å². The van der Waals surface area contributed by atoms with Gasteiger partial charge in [-0.3, -0.25) is 0 Å². The molecule has 0 spiro atoms. The lowest BCUT2D eigenvalue weighted by Gasteiger charge is -1.99. The summed E-state index contributed by atoms with van der Waals surface area (Å²) in [5.74, 6) is -0.171. The van der Waals surface area contributed by atoms with E-state index in [-0.39, 0.29) is 5.82 Å². The normalized spacial score (nSPS) is 11.1. The van der Waals surface area contributed by atoms with Gasteiger partial charge in [0.2, 0.25) is 0 Å². The summed E-state index contributed by atoms with van der Waals surface area (Å²) >= 11 is 2.01. The van der Waals surface area contributed by atoms with Crippen molar-refractivity contribution >= 4 is 33.5 Å². The Morgan fingerprint density at radius 1 is 1.40 bits per heavy atom. The lowest BCUT2D eigenvalue weighted by Crippen LogP contribution is -1.99. The molecule has 0 aliphatic rings. The Morgan fingerprint density at radius 2 is 2.20 bits per heavy atom. The van der Waals surface area contributed by atoms with Crippen LogP contribution in [0.5, 0.6) is 0 Å². The standard InChI is InChI=1S/C11H12FIN2/c12-9-5-11-8(4-10(9)13)7(6-15-11)2-1-3-14/h4-6,15H,1-3,14H2. The Morgan fingerprint density at radius 3 is 2.93 bits per heavy atom. The Labute approximate surface area is 101 Å². The molecule has 80 valence electrons. The minimum absolute atomic E-state index is 0.171. The number of fused-ring (bicyclic) bond motifs is 1. The highest BCUT2D eigenvalue weighted by molar-refractivity contribution is 14.1. The number of hydrogen-bond donors (Lipinski definition) is 2. The van der Waals surface area contributed by atoms with Crippen LogP contribution < -0.4 is 5.73 Å². The monoisotopic (exact) mass is 318 g/mol. The Balaban J connectivity index is 2.45. The topological polar surface area (TPSA) is 41.8 Å². The first-order valence-electron chi connectivity index (χ1n) is 4.87. The fourth-order valence-electron chi connectivity index (χ4n) is 1.67. The summed E-state index contributed by atoms with van der Waals surface area (Å²) in [6.45, 7) is 0.685. The van der Waals surface area contributed by atoms with Crippen LogP contribution in [0, 0.1) is 9.39 Å². The third-order valence-electron chi connectivity index (χ3n) is 2.46. The van der Waals surface area contributed by atoms with Crippen molar-refractivity contribution in [3.05, 3.63) is 33.3 Å². The van der Waals surface area contributed by atoms with Crippen LogP contribution in [0.3, 0.4) is 0 Å². The zero-order valence-corrected chi connectivity index (χ0v) is 10.3. The summed E-state index contributed by atoms with van der Waals surface area (Å²) in [6.07, 6.45) is 3.84. The second-order valence-electron chi connectivity index (χ2n) is 3.52. The van der Waals surface area contributed by atoms with Crippen molar-refractivity contribution in [2.75, 3.05) is 6.54 Å². The molecule has 0 saturated heterocycles. The first kappa shape index (κ1) is 10.9. The maximum Gasteiger partial charge on any atom is 0.138 e. The van der Waals surface area contributed by atoms with Crippen molar-refractivity contribution in [1.82, 2.24) is 4.98 Å². The molecule has 0 aliphatic carbocycles. The van der Waals surface area contributed by atoms with Gasteiger partial charge in [0.1, 0.15) is 5.82 Å². The average Bonchev–Trinajstić information content (AvgIpc) is 2.59. The van der Waals surface area contributed by atoms with Crippen molar-refractivity contribution in [1.29, 1.82) is 0 Å². The van der Waals surface area contributed by atoms with Crippen molar-refractivity contribution < 1.29 is 4.39 Å². The molecule has 1 aromatic carbocycles. The molecule has 0 amide bonds. The Bertz CT molecular complexity index is 479. The molecule has 0 bridgehead atoms. The molecule has 1 aromatic heterocycles. The summed E-state index contributed by atoms with van der Waals surface area (Å²) in [4.78, 5) is 3.08. The van der Waals surface area contributed by atoms with Gasteiger partial charge in [0.15, 0.2) is 0 Å². The minimum Gasteiger partial charge on any atom is -0.361 e. The van der Waals surface area contributed by atoms with Gasteiger partial charge >= 0.3 is 0 Å². The molecule has 2 nitrogen and oxygen atoms in total. The summed E-state index contributed by atoms with van der Waals surface area (Å²) in [6, 6.07) is 3.43. The highest BCUT2D eigenvalue weighted by atomic mass is 127. The van der Waals surface area contributed by atoms with Crippen LogP contribution >= 0.6 is 22.6 Å². The van der Waals surface area contributed by atoms with Gasteiger partial charge < -0.3 is 10.7 Å². The number of nitrogens with two attached hydrogens (primary N) is 1. The molecule has 15 heavy (non-hydrogen) atoms. The van der Waals surface area contributed by atoms with Gasteiger partial charge in [-0.05, 0) is 59.7 Å². The van der Waals surface area contributed by atoms with E-state index in [1.165, 1.54) is 5.56 Å². The molecule has 0 atom stereocenters. The second kappa shape index (κ2) is 4.49. The van der Waals surface area contributed by atoms with E-state index < -0.39 is 0 Å². The number of aromatic amines is 1. The van der Waals surface area contributed by atoms with Crippen molar-refractivity contribution in [2.24, 2.45) is 5.73 Å². The fraction of sp³-hybridized carbons (Fsp3) is 0.273. The van der Waals surface area contributed by atoms with E-state index in [4.69, 9.17) is 5.73 Å². The number of nitrogens with one attached hydrogen (secondary N) is 1. The first-order chi connectivity index (χ1) is 7.22. The van der Waals surface area contributed by atoms with Gasteiger partial charge in [-0.2, -0.15) is 0 Å². The Kier molecular flexibility index (Phi) is 3.25. The molecule has 2 aromatic rings. The lowest BCUT2D eigenvalue weighted by atomic mass is 10.1. The van der Waals surface area contributed by atoms with Crippen LogP contribution in [0.15, 0.2) is 18.3 Å². The van der Waals surface area contributed by atoms with E-state index in [9.17, 15) is 4.39 Å². The third kappa shape index (κ3) is 2.15. The molecule has 2 rings (SSSR count). The molecule has 3 N–H and O–H groups in total. The van der Waals surface area contributed by atoms with Crippen LogP contribution in [0.25, 0.3) is 10.9 Å². The second-order valence-corrected chi connectivity index (χ2v) is 4.68. The van der Waals surface area contributed by atoms with Gasteiger partial charge in [0.05, 0.1) is 0 Å². The summed E-state index contributed by atoms with van der Waals surface area (Å²) in [5, 5.41) is 1.11. The summed E-state index contributed by atoms with van der Waals surface area (Å²) in [7, 11) is 0. The van der Waals surface area contributed by atoms with E-state index in [0.29, 0.717) is 10.1 Å². The smallest absolute Gasteiger partial charge is 0.138 e. The zero-order chi connectivity index (χ0) is 10.8. The third-order valence-corrected chi connectivity index (χ3v) is 3.29. The highest BCUT2D eigenvalue weighted by Crippen LogP contribution is 2.24. The number of aryl methyl sites for hydroxylation is 1. The van der Waals surface area contributed by atoms with Crippen LogP contribution in [0.1, 0.15) is 12.0 Å². The molecule has 0 aliphatic heterocycles. The number of aromatic nitrogens is 1. The van der Waals surface area contributed by atoms with Crippen molar-refractivity contribution in [3.8, 4) is 0 Å². The van der Waals surface area contributed by atoms with Crippen LogP contribution in [-0.4, -0.2) is 11.5 Å². The molecule has 0 fully saturated rings. The van der Waals surface area contributed by atoms with Gasteiger partial charge in [-0.25, -0.2) is 4.39 Å². The maximum atomic E-state index is 13.3. The zero-order valence-electron chi connectivity index (χ0n) is 8.19. The fourth-order valence-corrected chi connectivity index (χ4v) is 2.14. The summed E-state index contributed by atoms with van der Waals surface area (Å²) in [5.41, 5.74) is 7.55. The molecule has 4 heteroatoms. The number of benzene rings is 1. The summed E-state index contributed by atoms with van der Waals surface area (Å²) < 4.78 is 13.9. The van der Waals surface area contributed by atoms with E-state index in [1.54, 1.807) is 6.07 Å². The van der Waals surface area contributed by atoms with Crippen LogP contribution in [0.2, 0.25) is 0 Å². The predicted molar refractivity (Wildman–Crippen MR) is 68.3 cm³/mol. The largest absolute Gasteiger partial charge is 0.361 e. The predicted octanol–water partition coefficient (Wildman–Crippen LogP) is 2.80. The molecule has 0 saturated carbocycles. The van der Waals surface area contributed by atoms with Crippen LogP contribution in [0.4, 0.5) is 4.39 Å². The lowest BCUT2D eigenvalue weighted by molar-refractivity contribution is 0.622. The molecular formula is C11H12FIN2. The first-order valence-corrected chi connectivity index (χ1v) is 5.95. The molecule has 1 heterocycles. The van der Waals surface area contributed by atoms with Crippen molar-refractivity contribution in [3.63, 3.8) is 0 Å². The molecule has 0 unspecified atom stereocenters. The van der Waals surface area contributed by atoms with Gasteiger partial charge in [0, 0.05) is 20.7 Å². The Hall–Kier alpha value is -0.620. The van der Waals surface area contributed by atoms with Crippen molar-refractivity contribution in [2.45, 2.75) is 12.8 Å². The van der Waals surface area contributed by atoms with Gasteiger partial charge in [-0.15, -0.1) is 0 Å². The molecular weight excluding hydrogens is 306 g/mol. The number of hydrogen-bond acceptors (Lipinski definition) is 1. The number of halogens is 2. The SMILES string of the molecule is NCCCc1c[nH]c2cc(F)c(I)cc12. The minimum atomic E-state index is -0.171. The van der Waals surface area contributed by atoms with Gasteiger partial charge in [0.25, 0.3) is 0 Å². The van der Waals surface area contributed by atoms with Crippen LogP contribution in [-0.2, 0) is 6.42 Å². The maximum absolute atomic E-state index is 13.3. The number of H-pyrrole nitrogens is 1. The highest BCUT2D eigenvalue weighted by Gasteiger charge is 2.07. The number of rotatable bonds is 3. The van der Waals surface area contributed by atoms with E-state index in [2.05, 4.69) is 4.98 Å². The average molecular weight is 318 g/mol.